The van der Waals surface area contributed by atoms with Gasteiger partial charge in [-0.25, -0.2) is 0 Å². The molecule has 1 aliphatic rings. The molecule has 2 aromatic carbocycles. The van der Waals surface area contributed by atoms with Crippen LogP contribution in [0.15, 0.2) is 48.0 Å². The van der Waals surface area contributed by atoms with Crippen molar-refractivity contribution in [3.05, 3.63) is 63.6 Å². The Kier molecular flexibility index (Phi) is 4.49. The van der Waals surface area contributed by atoms with E-state index in [9.17, 15) is 14.9 Å². The number of para-hydroxylation sites is 1. The molecule has 124 valence electrons. The maximum Gasteiger partial charge on any atom is 0.267 e. The van der Waals surface area contributed by atoms with Crippen molar-refractivity contribution in [2.45, 2.75) is 0 Å². The summed E-state index contributed by atoms with van der Waals surface area (Å²) in [7, 11) is 1.59. The molecule has 0 atom stereocenters. The minimum absolute atomic E-state index is 0.0660. The molecular weight excluding hydrogens is 361 g/mol. The number of nitriles is 1. The van der Waals surface area contributed by atoms with Crippen molar-refractivity contribution >= 4 is 52.0 Å². The highest BCUT2D eigenvalue weighted by Crippen LogP contribution is 2.37. The molecule has 0 saturated carbocycles. The number of carbonyl (C=O) groups is 2. The second-order valence-electron chi connectivity index (χ2n) is 5.32. The van der Waals surface area contributed by atoms with Crippen LogP contribution in [0.25, 0.3) is 5.57 Å². The summed E-state index contributed by atoms with van der Waals surface area (Å²) in [5, 5.41) is 12.7. The van der Waals surface area contributed by atoms with E-state index < -0.39 is 11.8 Å². The van der Waals surface area contributed by atoms with Crippen molar-refractivity contribution in [3.63, 3.8) is 0 Å². The summed E-state index contributed by atoms with van der Waals surface area (Å²) in [5.74, 6) is -1.13. The molecule has 1 N–H and O–H groups in total. The summed E-state index contributed by atoms with van der Waals surface area (Å²) < 4.78 is 0. The maximum absolute atomic E-state index is 12.6. The maximum atomic E-state index is 12.6. The predicted octanol–water partition coefficient (Wildman–Crippen LogP) is 3.89. The standard InChI is InChI=1S/C18H11Cl2N3O2/c1-23-15-5-3-2-4-11(15)16(18(23)25)12(9-21)17(24)22-14-8-10(19)6-7-13(14)20/h2-8H,1H3,(H,22,24)/b16-12+. The topological polar surface area (TPSA) is 73.2 Å². The number of rotatable bonds is 2. The first-order valence-corrected chi connectivity index (χ1v) is 7.98. The monoisotopic (exact) mass is 371 g/mol. The minimum Gasteiger partial charge on any atom is -0.320 e. The van der Waals surface area contributed by atoms with Crippen molar-refractivity contribution in [3.8, 4) is 6.07 Å². The predicted molar refractivity (Wildman–Crippen MR) is 97.5 cm³/mol. The highest BCUT2D eigenvalue weighted by atomic mass is 35.5. The number of hydrogen-bond acceptors (Lipinski definition) is 3. The molecule has 0 aliphatic carbocycles. The number of fused-ring (bicyclic) bond motifs is 1. The van der Waals surface area contributed by atoms with Crippen LogP contribution >= 0.6 is 23.2 Å². The number of nitrogens with one attached hydrogen (secondary N) is 1. The molecular formula is C18H11Cl2N3O2. The molecule has 0 unspecified atom stereocenters. The van der Waals surface area contributed by atoms with Gasteiger partial charge in [-0.3, -0.25) is 9.59 Å². The van der Waals surface area contributed by atoms with Gasteiger partial charge in [0.25, 0.3) is 11.8 Å². The van der Waals surface area contributed by atoms with Crippen molar-refractivity contribution < 1.29 is 9.59 Å². The first kappa shape index (κ1) is 17.0. The van der Waals surface area contributed by atoms with E-state index >= 15 is 0 Å². The van der Waals surface area contributed by atoms with E-state index in [1.54, 1.807) is 37.4 Å². The zero-order valence-electron chi connectivity index (χ0n) is 13.0. The lowest BCUT2D eigenvalue weighted by molar-refractivity contribution is -0.114. The van der Waals surface area contributed by atoms with Gasteiger partial charge >= 0.3 is 0 Å². The first-order chi connectivity index (χ1) is 11.9. The average Bonchev–Trinajstić information content (AvgIpc) is 2.84. The number of halogens is 2. The molecule has 0 radical (unpaired) electrons. The minimum atomic E-state index is -0.722. The summed E-state index contributed by atoms with van der Waals surface area (Å²) in [4.78, 5) is 26.5. The Bertz CT molecular complexity index is 977. The number of amides is 2. The number of carbonyl (C=O) groups excluding carboxylic acids is 2. The van der Waals surface area contributed by atoms with Gasteiger partial charge in [-0.2, -0.15) is 5.26 Å². The molecule has 1 aliphatic heterocycles. The molecule has 0 bridgehead atoms. The Labute approximate surface area is 154 Å². The van der Waals surface area contributed by atoms with E-state index in [0.717, 1.165) is 0 Å². The van der Waals surface area contributed by atoms with Crippen LogP contribution in [0.3, 0.4) is 0 Å². The van der Waals surface area contributed by atoms with Crippen LogP contribution in [0.5, 0.6) is 0 Å². The molecule has 1 heterocycles. The Hall–Kier alpha value is -2.81. The van der Waals surface area contributed by atoms with E-state index in [1.807, 2.05) is 6.07 Å². The average molecular weight is 372 g/mol. The van der Waals surface area contributed by atoms with Crippen molar-refractivity contribution in [1.82, 2.24) is 0 Å². The molecule has 0 aromatic heterocycles. The summed E-state index contributed by atoms with van der Waals surface area (Å²) in [6.45, 7) is 0. The smallest absolute Gasteiger partial charge is 0.267 e. The normalized spacial score (nSPS) is 14.8. The van der Waals surface area contributed by atoms with Crippen molar-refractivity contribution in [2.75, 3.05) is 17.3 Å². The van der Waals surface area contributed by atoms with Crippen LogP contribution in [0, 0.1) is 11.3 Å². The summed E-state index contributed by atoms with van der Waals surface area (Å²) in [5.41, 5.74) is 1.23. The Morgan fingerprint density at radius 3 is 2.64 bits per heavy atom. The highest BCUT2D eigenvalue weighted by Gasteiger charge is 2.34. The Morgan fingerprint density at radius 2 is 1.92 bits per heavy atom. The Morgan fingerprint density at radius 1 is 1.20 bits per heavy atom. The fourth-order valence-corrected chi connectivity index (χ4v) is 2.95. The number of anilines is 2. The molecule has 0 fully saturated rings. The number of likely N-dealkylation sites (N-methyl/N-ethyl adjacent to an activating group) is 1. The zero-order chi connectivity index (χ0) is 18.1. The lowest BCUT2D eigenvalue weighted by Crippen LogP contribution is -2.23. The number of hydrogen-bond donors (Lipinski definition) is 1. The fourth-order valence-electron chi connectivity index (χ4n) is 2.61. The first-order valence-electron chi connectivity index (χ1n) is 7.22. The second-order valence-corrected chi connectivity index (χ2v) is 6.17. The largest absolute Gasteiger partial charge is 0.320 e. The molecule has 0 saturated heterocycles. The molecule has 2 aromatic rings. The summed E-state index contributed by atoms with van der Waals surface area (Å²) in [6.07, 6.45) is 0. The van der Waals surface area contributed by atoms with Gasteiger partial charge in [0.05, 0.1) is 22.0 Å². The third kappa shape index (κ3) is 2.98. The van der Waals surface area contributed by atoms with Crippen LogP contribution in [-0.2, 0) is 9.59 Å². The summed E-state index contributed by atoms with van der Waals surface area (Å²) in [6, 6.07) is 13.4. The third-order valence-corrected chi connectivity index (χ3v) is 4.38. The Balaban J connectivity index is 2.07. The molecule has 7 heteroatoms. The van der Waals surface area contributed by atoms with Gasteiger partial charge in [-0.1, -0.05) is 41.4 Å². The SMILES string of the molecule is CN1C(=O)/C(=C(\C#N)C(=O)Nc2cc(Cl)ccc2Cl)c2ccccc21. The van der Waals surface area contributed by atoms with Crippen molar-refractivity contribution in [1.29, 1.82) is 5.26 Å². The van der Waals surface area contributed by atoms with E-state index in [2.05, 4.69) is 5.32 Å². The molecule has 0 spiro atoms. The highest BCUT2D eigenvalue weighted by molar-refractivity contribution is 6.39. The van der Waals surface area contributed by atoms with Gasteiger partial charge in [-0.05, 0) is 24.3 Å². The fraction of sp³-hybridized carbons (Fsp3) is 0.0556. The van der Waals surface area contributed by atoms with E-state index in [0.29, 0.717) is 16.3 Å². The molecule has 25 heavy (non-hydrogen) atoms. The van der Waals surface area contributed by atoms with Gasteiger partial charge in [-0.15, -0.1) is 0 Å². The van der Waals surface area contributed by atoms with Crippen molar-refractivity contribution in [2.24, 2.45) is 0 Å². The van der Waals surface area contributed by atoms with Crippen LogP contribution < -0.4 is 10.2 Å². The van der Waals surface area contributed by atoms with Gasteiger partial charge in [0.1, 0.15) is 11.6 Å². The second kappa shape index (κ2) is 6.60. The lowest BCUT2D eigenvalue weighted by atomic mass is 10.0. The molecule has 2 amide bonds. The van der Waals surface area contributed by atoms with Gasteiger partial charge in [0.15, 0.2) is 0 Å². The van der Waals surface area contributed by atoms with Gasteiger partial charge in [0, 0.05) is 17.6 Å². The third-order valence-electron chi connectivity index (χ3n) is 3.82. The van der Waals surface area contributed by atoms with E-state index in [-0.39, 0.29) is 21.9 Å². The molecule has 5 nitrogen and oxygen atoms in total. The zero-order valence-corrected chi connectivity index (χ0v) is 14.5. The van der Waals surface area contributed by atoms with E-state index in [4.69, 9.17) is 23.2 Å². The van der Waals surface area contributed by atoms with Gasteiger partial charge in [0.2, 0.25) is 0 Å². The molecule has 3 rings (SSSR count). The quantitative estimate of drug-likeness (QED) is 0.642. The van der Waals surface area contributed by atoms with Crippen LogP contribution in [0.2, 0.25) is 10.0 Å². The summed E-state index contributed by atoms with van der Waals surface area (Å²) >= 11 is 11.9. The van der Waals surface area contributed by atoms with Gasteiger partial charge < -0.3 is 10.2 Å². The van der Waals surface area contributed by atoms with Crippen LogP contribution in [0.4, 0.5) is 11.4 Å². The van der Waals surface area contributed by atoms with Crippen LogP contribution in [0.1, 0.15) is 5.56 Å². The number of nitrogens with zero attached hydrogens (tertiary/aromatic N) is 2. The van der Waals surface area contributed by atoms with E-state index in [1.165, 1.54) is 17.0 Å². The lowest BCUT2D eigenvalue weighted by Gasteiger charge is -2.09. The number of benzene rings is 2. The van der Waals surface area contributed by atoms with Crippen LogP contribution in [-0.4, -0.2) is 18.9 Å².